The van der Waals surface area contributed by atoms with E-state index in [0.29, 0.717) is 0 Å². The van der Waals surface area contributed by atoms with E-state index in [1.807, 2.05) is 30.3 Å². The molecule has 0 aliphatic carbocycles. The Hall–Kier alpha value is -1.28. The molecule has 0 spiro atoms. The normalized spacial score (nSPS) is 9.42. The Labute approximate surface area is 72.4 Å². The van der Waals surface area contributed by atoms with E-state index in [4.69, 9.17) is 4.89 Å². The minimum atomic E-state index is 0.750. The molecule has 0 unspecified atom stereocenters. The van der Waals surface area contributed by atoms with E-state index in [2.05, 4.69) is 11.5 Å². The third-order valence-corrected chi connectivity index (χ3v) is 1.51. The second kappa shape index (κ2) is 4.57. The average molecular weight is 164 g/mol. The van der Waals surface area contributed by atoms with Crippen molar-refractivity contribution >= 4 is 0 Å². The Kier molecular flexibility index (Phi) is 3.35. The summed E-state index contributed by atoms with van der Waals surface area (Å²) in [5, 5.41) is 0. The molecule has 2 heteroatoms. The van der Waals surface area contributed by atoms with Gasteiger partial charge in [-0.15, -0.1) is 6.58 Å². The van der Waals surface area contributed by atoms with Crippen LogP contribution in [-0.2, 0) is 11.3 Å². The van der Waals surface area contributed by atoms with Gasteiger partial charge in [-0.2, -0.15) is 4.89 Å². The molecule has 0 aliphatic rings. The van der Waals surface area contributed by atoms with Gasteiger partial charge in [0, 0.05) is 5.56 Å². The van der Waals surface area contributed by atoms with Crippen molar-refractivity contribution in [2.24, 2.45) is 0 Å². The maximum atomic E-state index is 4.94. The van der Waals surface area contributed by atoms with Crippen LogP contribution in [-0.4, -0.2) is 7.11 Å². The molecule has 0 aliphatic heterocycles. The third-order valence-electron chi connectivity index (χ3n) is 1.51. The molecule has 0 N–H and O–H groups in total. The zero-order valence-electron chi connectivity index (χ0n) is 7.12. The van der Waals surface area contributed by atoms with Gasteiger partial charge in [0.15, 0.2) is 5.75 Å². The molecule has 0 amide bonds. The summed E-state index contributed by atoms with van der Waals surface area (Å²) in [6.07, 6.45) is 2.62. The fourth-order valence-electron chi connectivity index (χ4n) is 0.999. The molecule has 12 heavy (non-hydrogen) atoms. The number of hydrogen-bond acceptors (Lipinski definition) is 2. The van der Waals surface area contributed by atoms with E-state index in [-0.39, 0.29) is 0 Å². The maximum Gasteiger partial charge on any atom is 0.168 e. The van der Waals surface area contributed by atoms with Crippen LogP contribution in [0.2, 0.25) is 0 Å². The van der Waals surface area contributed by atoms with Gasteiger partial charge < -0.3 is 4.89 Å². The topological polar surface area (TPSA) is 18.5 Å². The van der Waals surface area contributed by atoms with Crippen molar-refractivity contribution in [3.63, 3.8) is 0 Å². The van der Waals surface area contributed by atoms with Crippen molar-refractivity contribution in [1.82, 2.24) is 0 Å². The van der Waals surface area contributed by atoms with Crippen LogP contribution in [0.3, 0.4) is 0 Å². The number of hydrogen-bond donors (Lipinski definition) is 0. The van der Waals surface area contributed by atoms with Crippen molar-refractivity contribution in [1.29, 1.82) is 0 Å². The Balaban J connectivity index is 2.83. The zero-order chi connectivity index (χ0) is 8.81. The molecule has 1 aromatic rings. The van der Waals surface area contributed by atoms with Gasteiger partial charge in [0.1, 0.15) is 0 Å². The largest absolute Gasteiger partial charge is 0.338 e. The fraction of sp³-hybridized carbons (Fsp3) is 0.200. The van der Waals surface area contributed by atoms with E-state index in [1.54, 1.807) is 0 Å². The lowest BCUT2D eigenvalue weighted by Gasteiger charge is -2.05. The zero-order valence-corrected chi connectivity index (χ0v) is 7.12. The molecule has 0 saturated carbocycles. The highest BCUT2D eigenvalue weighted by atomic mass is 17.2. The smallest absolute Gasteiger partial charge is 0.168 e. The fourth-order valence-corrected chi connectivity index (χ4v) is 0.999. The molecule has 0 saturated heterocycles. The van der Waals surface area contributed by atoms with Crippen LogP contribution < -0.4 is 4.89 Å². The summed E-state index contributed by atoms with van der Waals surface area (Å²) in [6.45, 7) is 3.66. The summed E-state index contributed by atoms with van der Waals surface area (Å²) >= 11 is 0. The van der Waals surface area contributed by atoms with Crippen LogP contribution in [0.1, 0.15) is 5.56 Å². The highest BCUT2D eigenvalue weighted by Crippen LogP contribution is 2.18. The summed E-state index contributed by atoms with van der Waals surface area (Å²) in [5.41, 5.74) is 1.08. The summed E-state index contributed by atoms with van der Waals surface area (Å²) in [7, 11) is 1.49. The minimum Gasteiger partial charge on any atom is -0.338 e. The quantitative estimate of drug-likeness (QED) is 0.386. The number of para-hydroxylation sites is 1. The summed E-state index contributed by atoms with van der Waals surface area (Å²) in [6, 6.07) is 7.71. The van der Waals surface area contributed by atoms with Crippen LogP contribution >= 0.6 is 0 Å². The van der Waals surface area contributed by atoms with Crippen LogP contribution in [0.5, 0.6) is 5.75 Å². The van der Waals surface area contributed by atoms with Crippen LogP contribution in [0, 0.1) is 0 Å². The van der Waals surface area contributed by atoms with Gasteiger partial charge in [0.05, 0.1) is 7.11 Å². The first-order valence-corrected chi connectivity index (χ1v) is 3.78. The lowest BCUT2D eigenvalue weighted by Crippen LogP contribution is -1.94. The summed E-state index contributed by atoms with van der Waals surface area (Å²) in [5.74, 6) is 0.750. The Morgan fingerprint density at radius 3 is 2.83 bits per heavy atom. The maximum absolute atomic E-state index is 4.94. The van der Waals surface area contributed by atoms with Crippen molar-refractivity contribution in [2.45, 2.75) is 6.42 Å². The first kappa shape index (κ1) is 8.81. The van der Waals surface area contributed by atoms with Crippen LogP contribution in [0.4, 0.5) is 0 Å². The van der Waals surface area contributed by atoms with Gasteiger partial charge in [-0.1, -0.05) is 24.3 Å². The molecule has 0 fully saturated rings. The van der Waals surface area contributed by atoms with Gasteiger partial charge in [0.2, 0.25) is 0 Å². The SMILES string of the molecule is C=CCc1ccccc1OOC. The highest BCUT2D eigenvalue weighted by Gasteiger charge is 1.99. The van der Waals surface area contributed by atoms with Crippen molar-refractivity contribution in [2.75, 3.05) is 7.11 Å². The lowest BCUT2D eigenvalue weighted by atomic mass is 10.1. The Morgan fingerprint density at radius 1 is 1.42 bits per heavy atom. The monoisotopic (exact) mass is 164 g/mol. The molecule has 1 aromatic carbocycles. The van der Waals surface area contributed by atoms with E-state index < -0.39 is 0 Å². The number of rotatable bonds is 4. The first-order valence-electron chi connectivity index (χ1n) is 3.78. The number of allylic oxidation sites excluding steroid dienone is 1. The molecule has 0 aromatic heterocycles. The number of benzene rings is 1. The van der Waals surface area contributed by atoms with Crippen molar-refractivity contribution in [3.05, 3.63) is 42.5 Å². The molecule has 0 heterocycles. The first-order chi connectivity index (χ1) is 5.88. The standard InChI is InChI=1S/C10H12O2/c1-3-6-9-7-4-5-8-10(9)12-11-2/h3-5,7-8H,1,6H2,2H3. The van der Waals surface area contributed by atoms with Crippen LogP contribution in [0.15, 0.2) is 36.9 Å². The van der Waals surface area contributed by atoms with E-state index in [0.717, 1.165) is 17.7 Å². The predicted octanol–water partition coefficient (Wildman–Crippen LogP) is 2.36. The third kappa shape index (κ3) is 2.10. The molecular weight excluding hydrogens is 152 g/mol. The highest BCUT2D eigenvalue weighted by molar-refractivity contribution is 5.34. The Morgan fingerprint density at radius 2 is 2.17 bits per heavy atom. The van der Waals surface area contributed by atoms with Gasteiger partial charge in [0.25, 0.3) is 0 Å². The van der Waals surface area contributed by atoms with Gasteiger partial charge in [-0.05, 0) is 12.5 Å². The van der Waals surface area contributed by atoms with E-state index >= 15 is 0 Å². The van der Waals surface area contributed by atoms with Crippen LogP contribution in [0.25, 0.3) is 0 Å². The van der Waals surface area contributed by atoms with E-state index in [9.17, 15) is 0 Å². The Bertz CT molecular complexity index is 256. The lowest BCUT2D eigenvalue weighted by molar-refractivity contribution is -0.178. The van der Waals surface area contributed by atoms with E-state index in [1.165, 1.54) is 7.11 Å². The molecule has 64 valence electrons. The minimum absolute atomic E-state index is 0.750. The summed E-state index contributed by atoms with van der Waals surface area (Å²) < 4.78 is 0. The summed E-state index contributed by atoms with van der Waals surface area (Å²) in [4.78, 5) is 9.52. The predicted molar refractivity (Wildman–Crippen MR) is 48.0 cm³/mol. The van der Waals surface area contributed by atoms with Gasteiger partial charge >= 0.3 is 0 Å². The second-order valence-corrected chi connectivity index (χ2v) is 2.35. The van der Waals surface area contributed by atoms with Gasteiger partial charge in [-0.25, -0.2) is 0 Å². The molecule has 0 atom stereocenters. The van der Waals surface area contributed by atoms with Crippen molar-refractivity contribution in [3.8, 4) is 5.75 Å². The second-order valence-electron chi connectivity index (χ2n) is 2.35. The van der Waals surface area contributed by atoms with Gasteiger partial charge in [-0.3, -0.25) is 0 Å². The molecule has 1 rings (SSSR count). The van der Waals surface area contributed by atoms with Crippen molar-refractivity contribution < 1.29 is 9.78 Å². The molecule has 0 bridgehead atoms. The molecule has 0 radical (unpaired) electrons. The molecule has 2 nitrogen and oxygen atoms in total. The molecular formula is C10H12O2. The average Bonchev–Trinajstić information content (AvgIpc) is 2.09.